The average Bonchev–Trinajstić information content (AvgIpc) is 3.16. The number of carbonyl (C=O) groups is 2. The van der Waals surface area contributed by atoms with Gasteiger partial charge in [-0.1, -0.05) is 48.5 Å². The van der Waals surface area contributed by atoms with E-state index in [-0.39, 0.29) is 22.9 Å². The van der Waals surface area contributed by atoms with Crippen LogP contribution in [0, 0.1) is 62.6 Å². The second-order valence-electron chi connectivity index (χ2n) is 15.4. The van der Waals surface area contributed by atoms with Crippen molar-refractivity contribution >= 4 is 12.3 Å². The van der Waals surface area contributed by atoms with Crippen LogP contribution in [0.1, 0.15) is 120 Å². The van der Waals surface area contributed by atoms with E-state index < -0.39 is 0 Å². The summed E-state index contributed by atoms with van der Waals surface area (Å²) in [6, 6.07) is 0. The SMILES string of the molecule is CC(=O)O[C@H]1CC[C@@]2(C)C(CC[C@]3(C)C2CCC2C4C(C(C)C)CC[C@]4(C=O)CC[C@]23C)C1(C)C. The molecule has 0 heterocycles. The minimum Gasteiger partial charge on any atom is -0.462 e. The molecule has 10 atom stereocenters. The number of hydrogen-bond acceptors (Lipinski definition) is 3. The minimum absolute atomic E-state index is 0.0190. The Labute approximate surface area is 214 Å². The van der Waals surface area contributed by atoms with Gasteiger partial charge in [-0.15, -0.1) is 0 Å². The summed E-state index contributed by atoms with van der Waals surface area (Å²) < 4.78 is 5.90. The lowest BCUT2D eigenvalue weighted by atomic mass is 9.32. The van der Waals surface area contributed by atoms with Crippen LogP contribution in [0.4, 0.5) is 0 Å². The van der Waals surface area contributed by atoms with Crippen LogP contribution in [0.5, 0.6) is 0 Å². The molecule has 198 valence electrons. The number of fused-ring (bicyclic) bond motifs is 7. The van der Waals surface area contributed by atoms with E-state index >= 15 is 0 Å². The van der Waals surface area contributed by atoms with E-state index in [1.54, 1.807) is 6.92 Å². The fraction of sp³-hybridized carbons (Fsp3) is 0.938. The quantitative estimate of drug-likeness (QED) is 0.302. The van der Waals surface area contributed by atoms with Crippen molar-refractivity contribution in [1.82, 2.24) is 0 Å². The summed E-state index contributed by atoms with van der Waals surface area (Å²) >= 11 is 0. The van der Waals surface area contributed by atoms with Gasteiger partial charge in [-0.3, -0.25) is 4.79 Å². The summed E-state index contributed by atoms with van der Waals surface area (Å²) in [4.78, 5) is 24.5. The predicted octanol–water partition coefficient (Wildman–Crippen LogP) is 7.85. The van der Waals surface area contributed by atoms with Gasteiger partial charge in [0, 0.05) is 17.8 Å². The van der Waals surface area contributed by atoms with Gasteiger partial charge in [-0.25, -0.2) is 0 Å². The molecule has 0 spiro atoms. The molecule has 0 bridgehead atoms. The highest BCUT2D eigenvalue weighted by Crippen LogP contribution is 2.77. The summed E-state index contributed by atoms with van der Waals surface area (Å²) in [5, 5.41) is 0. The lowest BCUT2D eigenvalue weighted by Gasteiger charge is -2.72. The van der Waals surface area contributed by atoms with E-state index in [2.05, 4.69) is 48.5 Å². The molecule has 0 radical (unpaired) electrons. The Bertz CT molecular complexity index is 876. The molecule has 0 aliphatic heterocycles. The van der Waals surface area contributed by atoms with Gasteiger partial charge in [0.25, 0.3) is 0 Å². The Kier molecular flexibility index (Phi) is 5.94. The van der Waals surface area contributed by atoms with Crippen molar-refractivity contribution in [2.24, 2.45) is 62.6 Å². The summed E-state index contributed by atoms with van der Waals surface area (Å²) in [5.41, 5.74) is 0.909. The van der Waals surface area contributed by atoms with Crippen LogP contribution in [-0.2, 0) is 14.3 Å². The monoisotopic (exact) mass is 484 g/mol. The Morgan fingerprint density at radius 2 is 1.54 bits per heavy atom. The number of esters is 1. The molecule has 0 aromatic heterocycles. The van der Waals surface area contributed by atoms with Gasteiger partial charge in [0.2, 0.25) is 0 Å². The highest BCUT2D eigenvalue weighted by atomic mass is 16.5. The highest BCUT2D eigenvalue weighted by Gasteiger charge is 2.71. The van der Waals surface area contributed by atoms with E-state index in [0.717, 1.165) is 25.2 Å². The normalized spacial score (nSPS) is 52.6. The molecule has 0 amide bonds. The first-order valence-electron chi connectivity index (χ1n) is 14.9. The zero-order valence-corrected chi connectivity index (χ0v) is 23.9. The van der Waals surface area contributed by atoms with Crippen molar-refractivity contribution in [1.29, 1.82) is 0 Å². The molecule has 5 rings (SSSR count). The molecule has 5 saturated carbocycles. The molecule has 0 N–H and O–H groups in total. The molecular weight excluding hydrogens is 432 g/mol. The number of aldehydes is 1. The molecule has 35 heavy (non-hydrogen) atoms. The van der Waals surface area contributed by atoms with Crippen molar-refractivity contribution in [3.8, 4) is 0 Å². The zero-order chi connectivity index (χ0) is 25.6. The summed E-state index contributed by atoms with van der Waals surface area (Å²) in [7, 11) is 0. The van der Waals surface area contributed by atoms with E-state index in [4.69, 9.17) is 4.74 Å². The molecule has 0 aromatic carbocycles. The third kappa shape index (κ3) is 3.27. The Balaban J connectivity index is 1.51. The van der Waals surface area contributed by atoms with Crippen LogP contribution in [-0.4, -0.2) is 18.4 Å². The number of rotatable bonds is 3. The molecule has 5 unspecified atom stereocenters. The van der Waals surface area contributed by atoms with Crippen LogP contribution in [0.3, 0.4) is 0 Å². The van der Waals surface area contributed by atoms with Crippen LogP contribution >= 0.6 is 0 Å². The van der Waals surface area contributed by atoms with Crippen molar-refractivity contribution in [2.45, 2.75) is 126 Å². The van der Waals surface area contributed by atoms with Crippen LogP contribution in [0.25, 0.3) is 0 Å². The standard InChI is InChI=1S/C32H52O3/c1-20(2)22-11-16-32(19-33)18-17-30(7)23(27(22)32)9-10-25-29(6)14-13-26(35-21(3)34)28(4,5)24(29)12-15-31(25,30)8/h19-20,22-27H,9-18H2,1-8H3/t22?,23?,24?,25?,26-,27?,29-,30+,31+,32+/m0/s1. The van der Waals surface area contributed by atoms with Crippen molar-refractivity contribution in [3.05, 3.63) is 0 Å². The summed E-state index contributed by atoms with van der Waals surface area (Å²) in [6.45, 7) is 19.1. The highest BCUT2D eigenvalue weighted by molar-refractivity contribution is 5.66. The van der Waals surface area contributed by atoms with Crippen molar-refractivity contribution < 1.29 is 14.3 Å². The fourth-order valence-electron chi connectivity index (χ4n) is 12.0. The molecule has 0 saturated heterocycles. The second kappa shape index (κ2) is 8.07. The molecular formula is C32H52O3. The first kappa shape index (κ1) is 25.8. The zero-order valence-electron chi connectivity index (χ0n) is 23.9. The van der Waals surface area contributed by atoms with Gasteiger partial charge in [-0.2, -0.15) is 0 Å². The Hall–Kier alpha value is -0.860. The Morgan fingerprint density at radius 3 is 2.17 bits per heavy atom. The van der Waals surface area contributed by atoms with Gasteiger partial charge in [0.05, 0.1) is 0 Å². The van der Waals surface area contributed by atoms with E-state index in [1.165, 1.54) is 51.2 Å². The molecule has 5 fully saturated rings. The Morgan fingerprint density at radius 1 is 0.829 bits per heavy atom. The first-order chi connectivity index (χ1) is 16.3. The van der Waals surface area contributed by atoms with Gasteiger partial charge in [0.1, 0.15) is 12.4 Å². The number of ether oxygens (including phenoxy) is 1. The smallest absolute Gasteiger partial charge is 0.302 e. The largest absolute Gasteiger partial charge is 0.462 e. The third-order valence-corrected chi connectivity index (χ3v) is 13.9. The van der Waals surface area contributed by atoms with E-state index in [1.807, 2.05) is 0 Å². The maximum absolute atomic E-state index is 12.7. The molecule has 3 heteroatoms. The maximum Gasteiger partial charge on any atom is 0.302 e. The summed E-state index contributed by atoms with van der Waals surface area (Å²) in [6.07, 6.45) is 13.5. The van der Waals surface area contributed by atoms with E-state index in [0.29, 0.717) is 45.8 Å². The summed E-state index contributed by atoms with van der Waals surface area (Å²) in [5.74, 6) is 3.82. The third-order valence-electron chi connectivity index (χ3n) is 13.9. The van der Waals surface area contributed by atoms with Crippen LogP contribution < -0.4 is 0 Å². The van der Waals surface area contributed by atoms with Gasteiger partial charge >= 0.3 is 5.97 Å². The van der Waals surface area contributed by atoms with Crippen LogP contribution in [0.15, 0.2) is 0 Å². The molecule has 5 aliphatic carbocycles. The average molecular weight is 485 g/mol. The molecule has 0 aromatic rings. The minimum atomic E-state index is -0.127. The van der Waals surface area contributed by atoms with Gasteiger partial charge in [0.15, 0.2) is 0 Å². The van der Waals surface area contributed by atoms with Gasteiger partial charge < -0.3 is 9.53 Å². The van der Waals surface area contributed by atoms with Crippen molar-refractivity contribution in [2.75, 3.05) is 0 Å². The molecule has 5 aliphatic rings. The topological polar surface area (TPSA) is 43.4 Å². The van der Waals surface area contributed by atoms with Gasteiger partial charge in [-0.05, 0) is 116 Å². The maximum atomic E-state index is 12.7. The fourth-order valence-corrected chi connectivity index (χ4v) is 12.0. The molecule has 3 nitrogen and oxygen atoms in total. The lowest BCUT2D eigenvalue weighted by Crippen LogP contribution is -2.67. The lowest BCUT2D eigenvalue weighted by molar-refractivity contribution is -0.249. The van der Waals surface area contributed by atoms with Crippen LogP contribution in [0.2, 0.25) is 0 Å². The van der Waals surface area contributed by atoms with Crippen molar-refractivity contribution in [3.63, 3.8) is 0 Å². The first-order valence-corrected chi connectivity index (χ1v) is 14.9. The number of carbonyl (C=O) groups excluding carboxylic acids is 2. The number of hydrogen-bond donors (Lipinski definition) is 0. The predicted molar refractivity (Wildman–Crippen MR) is 141 cm³/mol. The van der Waals surface area contributed by atoms with E-state index in [9.17, 15) is 9.59 Å². The second-order valence-corrected chi connectivity index (χ2v) is 15.4.